The number of nitrogens with one attached hydrogen (secondary N) is 1. The number of imidazole rings is 1. The van der Waals surface area contributed by atoms with Crippen LogP contribution in [0, 0.1) is 6.92 Å². The molecule has 3 heteroatoms. The minimum atomic E-state index is 0.279. The fourth-order valence-electron chi connectivity index (χ4n) is 2.75. The Balaban J connectivity index is 1.92. The van der Waals surface area contributed by atoms with Gasteiger partial charge in [-0.3, -0.25) is 0 Å². The van der Waals surface area contributed by atoms with Crippen molar-refractivity contribution in [3.63, 3.8) is 0 Å². The van der Waals surface area contributed by atoms with Gasteiger partial charge in [-0.2, -0.15) is 0 Å². The Bertz CT molecular complexity index is 741. The SMILES string of the molecule is CNC(Cc1nc2ccccc2n1C)c1ccc(C)cc1. The standard InChI is InChI=1S/C18H21N3/c1-13-8-10-14(11-9-13)16(19-2)12-18-20-15-6-4-5-7-17(15)21(18)3/h4-11,16,19H,12H2,1-3H3. The first-order chi connectivity index (χ1) is 10.2. The second-order valence-electron chi connectivity index (χ2n) is 5.53. The Morgan fingerprint density at radius 2 is 1.81 bits per heavy atom. The number of nitrogens with zero attached hydrogens (tertiary/aromatic N) is 2. The van der Waals surface area contributed by atoms with Crippen molar-refractivity contribution in [3.8, 4) is 0 Å². The van der Waals surface area contributed by atoms with Crippen LogP contribution in [0.5, 0.6) is 0 Å². The van der Waals surface area contributed by atoms with Crippen LogP contribution in [0.3, 0.4) is 0 Å². The monoisotopic (exact) mass is 279 g/mol. The van der Waals surface area contributed by atoms with Crippen molar-refractivity contribution >= 4 is 11.0 Å². The maximum Gasteiger partial charge on any atom is 0.111 e. The normalized spacial score (nSPS) is 12.7. The highest BCUT2D eigenvalue weighted by Gasteiger charge is 2.14. The number of para-hydroxylation sites is 2. The maximum atomic E-state index is 4.77. The summed E-state index contributed by atoms with van der Waals surface area (Å²) >= 11 is 0. The summed E-state index contributed by atoms with van der Waals surface area (Å²) in [5, 5.41) is 3.40. The fourth-order valence-corrected chi connectivity index (χ4v) is 2.75. The van der Waals surface area contributed by atoms with E-state index < -0.39 is 0 Å². The van der Waals surface area contributed by atoms with Crippen LogP contribution in [-0.2, 0) is 13.5 Å². The Labute approximate surface area is 125 Å². The molecule has 3 nitrogen and oxygen atoms in total. The van der Waals surface area contributed by atoms with E-state index in [0.29, 0.717) is 0 Å². The van der Waals surface area contributed by atoms with Gasteiger partial charge in [-0.05, 0) is 31.7 Å². The van der Waals surface area contributed by atoms with E-state index in [2.05, 4.69) is 66.3 Å². The zero-order valence-corrected chi connectivity index (χ0v) is 12.8. The summed E-state index contributed by atoms with van der Waals surface area (Å²) in [6.45, 7) is 2.11. The van der Waals surface area contributed by atoms with Gasteiger partial charge in [0.2, 0.25) is 0 Å². The first-order valence-electron chi connectivity index (χ1n) is 7.33. The predicted molar refractivity (Wildman–Crippen MR) is 87.4 cm³/mol. The largest absolute Gasteiger partial charge is 0.331 e. The summed E-state index contributed by atoms with van der Waals surface area (Å²) in [7, 11) is 4.10. The van der Waals surface area contributed by atoms with Crippen molar-refractivity contribution in [2.45, 2.75) is 19.4 Å². The second-order valence-corrected chi connectivity index (χ2v) is 5.53. The minimum Gasteiger partial charge on any atom is -0.331 e. The number of rotatable bonds is 4. The summed E-state index contributed by atoms with van der Waals surface area (Å²) in [5.41, 5.74) is 4.84. The Morgan fingerprint density at radius 1 is 1.10 bits per heavy atom. The number of hydrogen-bond acceptors (Lipinski definition) is 2. The van der Waals surface area contributed by atoms with Crippen LogP contribution >= 0.6 is 0 Å². The van der Waals surface area contributed by atoms with Crippen molar-refractivity contribution in [1.29, 1.82) is 0 Å². The van der Waals surface area contributed by atoms with Crippen molar-refractivity contribution in [3.05, 3.63) is 65.5 Å². The summed E-state index contributed by atoms with van der Waals surface area (Å²) in [6, 6.07) is 17.3. The number of benzene rings is 2. The average molecular weight is 279 g/mol. The fraction of sp³-hybridized carbons (Fsp3) is 0.278. The zero-order valence-electron chi connectivity index (χ0n) is 12.8. The molecule has 1 unspecified atom stereocenters. The minimum absolute atomic E-state index is 0.279. The molecule has 0 radical (unpaired) electrons. The molecular weight excluding hydrogens is 258 g/mol. The quantitative estimate of drug-likeness (QED) is 0.793. The average Bonchev–Trinajstić information content (AvgIpc) is 2.83. The van der Waals surface area contributed by atoms with Crippen LogP contribution in [-0.4, -0.2) is 16.6 Å². The van der Waals surface area contributed by atoms with Crippen LogP contribution < -0.4 is 5.32 Å². The van der Waals surface area contributed by atoms with E-state index in [-0.39, 0.29) is 6.04 Å². The molecule has 21 heavy (non-hydrogen) atoms. The zero-order chi connectivity index (χ0) is 14.8. The van der Waals surface area contributed by atoms with E-state index in [9.17, 15) is 0 Å². The molecule has 108 valence electrons. The van der Waals surface area contributed by atoms with Gasteiger partial charge in [0.15, 0.2) is 0 Å². The third-order valence-corrected chi connectivity index (χ3v) is 4.09. The predicted octanol–water partition coefficient (Wildman–Crippen LogP) is 3.38. The second kappa shape index (κ2) is 5.70. The first kappa shape index (κ1) is 13.8. The Kier molecular flexibility index (Phi) is 3.76. The molecule has 0 amide bonds. The van der Waals surface area contributed by atoms with Gasteiger partial charge in [0.05, 0.1) is 11.0 Å². The van der Waals surface area contributed by atoms with Crippen LogP contribution in [0.4, 0.5) is 0 Å². The first-order valence-corrected chi connectivity index (χ1v) is 7.33. The van der Waals surface area contributed by atoms with Gasteiger partial charge in [-0.15, -0.1) is 0 Å². The molecule has 3 aromatic rings. The van der Waals surface area contributed by atoms with E-state index in [0.717, 1.165) is 17.8 Å². The highest BCUT2D eigenvalue weighted by molar-refractivity contribution is 5.75. The molecule has 1 atom stereocenters. The van der Waals surface area contributed by atoms with Gasteiger partial charge < -0.3 is 9.88 Å². The molecule has 1 aromatic heterocycles. The number of likely N-dealkylation sites (N-methyl/N-ethyl adjacent to an activating group) is 1. The van der Waals surface area contributed by atoms with Gasteiger partial charge in [-0.1, -0.05) is 42.0 Å². The van der Waals surface area contributed by atoms with Gasteiger partial charge in [0, 0.05) is 19.5 Å². The Hall–Kier alpha value is -2.13. The maximum absolute atomic E-state index is 4.77. The van der Waals surface area contributed by atoms with Crippen LogP contribution in [0.15, 0.2) is 48.5 Å². The van der Waals surface area contributed by atoms with Crippen molar-refractivity contribution in [2.75, 3.05) is 7.05 Å². The molecule has 0 saturated carbocycles. The summed E-state index contributed by atoms with van der Waals surface area (Å²) in [4.78, 5) is 4.77. The highest BCUT2D eigenvalue weighted by atomic mass is 15.1. The number of hydrogen-bond donors (Lipinski definition) is 1. The summed E-state index contributed by atoms with van der Waals surface area (Å²) < 4.78 is 2.19. The molecule has 0 aliphatic heterocycles. The lowest BCUT2D eigenvalue weighted by molar-refractivity contribution is 0.566. The van der Waals surface area contributed by atoms with Crippen LogP contribution in [0.25, 0.3) is 11.0 Å². The molecule has 0 spiro atoms. The molecule has 0 saturated heterocycles. The number of fused-ring (bicyclic) bond motifs is 1. The Morgan fingerprint density at radius 3 is 2.48 bits per heavy atom. The van der Waals surface area contributed by atoms with Gasteiger partial charge in [-0.25, -0.2) is 4.98 Å². The molecule has 0 aliphatic carbocycles. The van der Waals surface area contributed by atoms with E-state index in [1.807, 2.05) is 13.1 Å². The van der Waals surface area contributed by atoms with Crippen LogP contribution in [0.1, 0.15) is 23.0 Å². The van der Waals surface area contributed by atoms with Crippen molar-refractivity contribution in [1.82, 2.24) is 14.9 Å². The van der Waals surface area contributed by atoms with E-state index in [1.54, 1.807) is 0 Å². The molecular formula is C18H21N3. The third kappa shape index (κ3) is 2.69. The van der Waals surface area contributed by atoms with Gasteiger partial charge in [0.25, 0.3) is 0 Å². The molecule has 1 heterocycles. The molecule has 0 bridgehead atoms. The molecule has 1 N–H and O–H groups in total. The van der Waals surface area contributed by atoms with Crippen molar-refractivity contribution < 1.29 is 0 Å². The summed E-state index contributed by atoms with van der Waals surface area (Å²) in [6.07, 6.45) is 0.880. The highest BCUT2D eigenvalue weighted by Crippen LogP contribution is 2.21. The van der Waals surface area contributed by atoms with E-state index in [4.69, 9.17) is 4.98 Å². The lowest BCUT2D eigenvalue weighted by Gasteiger charge is -2.16. The smallest absolute Gasteiger partial charge is 0.111 e. The van der Waals surface area contributed by atoms with E-state index >= 15 is 0 Å². The lowest BCUT2D eigenvalue weighted by Crippen LogP contribution is -2.20. The van der Waals surface area contributed by atoms with Gasteiger partial charge >= 0.3 is 0 Å². The summed E-state index contributed by atoms with van der Waals surface area (Å²) in [5.74, 6) is 1.11. The topological polar surface area (TPSA) is 29.9 Å². The molecule has 0 fully saturated rings. The molecule has 2 aromatic carbocycles. The van der Waals surface area contributed by atoms with Crippen molar-refractivity contribution in [2.24, 2.45) is 7.05 Å². The van der Waals surface area contributed by atoms with Crippen LogP contribution in [0.2, 0.25) is 0 Å². The third-order valence-electron chi connectivity index (χ3n) is 4.09. The van der Waals surface area contributed by atoms with E-state index in [1.165, 1.54) is 16.6 Å². The number of aryl methyl sites for hydroxylation is 2. The lowest BCUT2D eigenvalue weighted by atomic mass is 10.0. The van der Waals surface area contributed by atoms with Gasteiger partial charge in [0.1, 0.15) is 5.82 Å². The molecule has 0 aliphatic rings. The molecule has 3 rings (SSSR count). The number of aromatic nitrogens is 2.